The first-order valence-corrected chi connectivity index (χ1v) is 11.7. The van der Waals surface area contributed by atoms with E-state index in [4.69, 9.17) is 10.5 Å². The third-order valence-electron chi connectivity index (χ3n) is 5.30. The smallest absolute Gasteiger partial charge is 0.419 e. The molecular weight excluding hydrogens is 470 g/mol. The van der Waals surface area contributed by atoms with Crippen molar-refractivity contribution in [3.63, 3.8) is 0 Å². The Labute approximate surface area is 199 Å². The van der Waals surface area contributed by atoms with E-state index < -0.39 is 17.3 Å². The summed E-state index contributed by atoms with van der Waals surface area (Å²) in [7, 11) is 0. The molecule has 184 valence electrons. The molecule has 0 saturated carbocycles. The zero-order valence-corrected chi connectivity index (χ0v) is 19.6. The maximum Gasteiger partial charge on any atom is 0.419 e. The van der Waals surface area contributed by atoms with Crippen LogP contribution < -0.4 is 10.5 Å². The normalized spacial score (nSPS) is 13.6. The summed E-state index contributed by atoms with van der Waals surface area (Å²) in [4.78, 5) is 0. The highest BCUT2D eigenvalue weighted by atomic mass is 32.1. The van der Waals surface area contributed by atoms with Crippen LogP contribution in [0.25, 0.3) is 10.6 Å². The lowest BCUT2D eigenvalue weighted by molar-refractivity contribution is -0.138. The standard InChI is InChI=1S/C24H27F4N3O2S/c1-23(29,15-32)22-31-30-21(34-22)17-9-12-20(19(14-17)24(26,27)28)33-13-5-3-2-4-6-16-7-10-18(25)11-8-16/h7-12,14,32H,2-6,13,15,29H2,1H3/t23-/m0/s1. The van der Waals surface area contributed by atoms with Gasteiger partial charge in [-0.25, -0.2) is 4.39 Å². The number of nitrogens with two attached hydrogens (primary N) is 1. The minimum Gasteiger partial charge on any atom is -0.493 e. The Morgan fingerprint density at radius 2 is 1.71 bits per heavy atom. The number of hydrogen-bond acceptors (Lipinski definition) is 6. The molecule has 1 heterocycles. The van der Waals surface area contributed by atoms with E-state index in [1.54, 1.807) is 19.1 Å². The molecule has 2 aromatic carbocycles. The van der Waals surface area contributed by atoms with Crippen LogP contribution in [0, 0.1) is 5.82 Å². The average molecular weight is 498 g/mol. The van der Waals surface area contributed by atoms with Gasteiger partial charge in [0.25, 0.3) is 0 Å². The Kier molecular flexibility index (Phi) is 8.62. The van der Waals surface area contributed by atoms with Crippen molar-refractivity contribution in [1.29, 1.82) is 0 Å². The summed E-state index contributed by atoms with van der Waals surface area (Å²) in [6.45, 7) is 1.37. The number of aliphatic hydroxyl groups is 1. The highest BCUT2D eigenvalue weighted by molar-refractivity contribution is 7.14. The first-order valence-electron chi connectivity index (χ1n) is 10.9. The van der Waals surface area contributed by atoms with Crippen molar-refractivity contribution >= 4 is 11.3 Å². The number of rotatable bonds is 11. The topological polar surface area (TPSA) is 81.3 Å². The van der Waals surface area contributed by atoms with Gasteiger partial charge in [-0.15, -0.1) is 10.2 Å². The van der Waals surface area contributed by atoms with Gasteiger partial charge in [-0.1, -0.05) is 36.3 Å². The van der Waals surface area contributed by atoms with Crippen LogP contribution in [0.5, 0.6) is 5.75 Å². The maximum atomic E-state index is 13.7. The van der Waals surface area contributed by atoms with Crippen molar-refractivity contribution in [2.24, 2.45) is 5.73 Å². The Bertz CT molecular complexity index is 1070. The molecule has 1 atom stereocenters. The zero-order chi connectivity index (χ0) is 24.8. The van der Waals surface area contributed by atoms with E-state index in [-0.39, 0.29) is 35.4 Å². The Morgan fingerprint density at radius 1 is 1.00 bits per heavy atom. The molecule has 0 fully saturated rings. The quantitative estimate of drug-likeness (QED) is 0.262. The third kappa shape index (κ3) is 6.97. The monoisotopic (exact) mass is 497 g/mol. The van der Waals surface area contributed by atoms with Crippen molar-refractivity contribution in [3.05, 3.63) is 64.4 Å². The van der Waals surface area contributed by atoms with Crippen LogP contribution in [0.15, 0.2) is 42.5 Å². The van der Waals surface area contributed by atoms with Gasteiger partial charge >= 0.3 is 6.18 Å². The molecule has 1 aromatic heterocycles. The lowest BCUT2D eigenvalue weighted by Gasteiger charge is -2.17. The van der Waals surface area contributed by atoms with E-state index in [0.717, 1.165) is 48.6 Å². The molecule has 3 aromatic rings. The number of halogens is 4. The maximum absolute atomic E-state index is 13.7. The fraction of sp³-hybridized carbons (Fsp3) is 0.417. The summed E-state index contributed by atoms with van der Waals surface area (Å²) in [5.41, 5.74) is 5.24. The largest absolute Gasteiger partial charge is 0.493 e. The van der Waals surface area contributed by atoms with Crippen molar-refractivity contribution in [2.45, 2.75) is 50.7 Å². The van der Waals surface area contributed by atoms with Crippen LogP contribution >= 0.6 is 11.3 Å². The predicted octanol–water partition coefficient (Wildman–Crippen LogP) is 5.71. The second-order valence-corrected chi connectivity index (χ2v) is 9.31. The van der Waals surface area contributed by atoms with E-state index >= 15 is 0 Å². The number of aryl methyl sites for hydroxylation is 1. The Balaban J connectivity index is 1.55. The summed E-state index contributed by atoms with van der Waals surface area (Å²) in [6, 6.07) is 10.2. The number of aliphatic hydroxyl groups excluding tert-OH is 1. The SMILES string of the molecule is C[C@](N)(CO)c1nnc(-c2ccc(OCCCCCCc3ccc(F)cc3)c(C(F)(F)F)c2)s1. The van der Waals surface area contributed by atoms with Crippen LogP contribution in [0.4, 0.5) is 17.6 Å². The number of aromatic nitrogens is 2. The summed E-state index contributed by atoms with van der Waals surface area (Å²) in [5.74, 6) is -0.494. The fourth-order valence-corrected chi connectivity index (χ4v) is 4.16. The molecule has 0 amide bonds. The second kappa shape index (κ2) is 11.2. The number of unbranched alkanes of at least 4 members (excludes halogenated alkanes) is 3. The van der Waals surface area contributed by atoms with Gasteiger partial charge in [-0.2, -0.15) is 13.2 Å². The van der Waals surface area contributed by atoms with Gasteiger partial charge in [-0.3, -0.25) is 0 Å². The van der Waals surface area contributed by atoms with E-state index in [2.05, 4.69) is 10.2 Å². The molecule has 0 saturated heterocycles. The second-order valence-electron chi connectivity index (χ2n) is 8.34. The molecule has 0 spiro atoms. The summed E-state index contributed by atoms with van der Waals surface area (Å²) < 4.78 is 59.4. The van der Waals surface area contributed by atoms with Gasteiger partial charge in [0, 0.05) is 5.56 Å². The number of ether oxygens (including phenoxy) is 1. The van der Waals surface area contributed by atoms with Gasteiger partial charge in [0.05, 0.1) is 24.3 Å². The first-order chi connectivity index (χ1) is 16.1. The molecule has 0 bridgehead atoms. The predicted molar refractivity (Wildman–Crippen MR) is 123 cm³/mol. The van der Waals surface area contributed by atoms with Crippen LogP contribution in [-0.4, -0.2) is 28.5 Å². The molecule has 0 radical (unpaired) electrons. The molecular formula is C24H27F4N3O2S. The molecule has 3 rings (SSSR count). The highest BCUT2D eigenvalue weighted by Gasteiger charge is 2.35. The highest BCUT2D eigenvalue weighted by Crippen LogP contribution is 2.39. The number of benzene rings is 2. The number of alkyl halides is 3. The van der Waals surface area contributed by atoms with Crippen LogP contribution in [0.3, 0.4) is 0 Å². The molecule has 0 unspecified atom stereocenters. The molecule has 0 aliphatic carbocycles. The fourth-order valence-electron chi connectivity index (χ4n) is 3.27. The van der Waals surface area contributed by atoms with E-state index in [9.17, 15) is 22.7 Å². The molecule has 5 nitrogen and oxygen atoms in total. The summed E-state index contributed by atoms with van der Waals surface area (Å²) in [5, 5.41) is 17.8. The number of hydrogen-bond donors (Lipinski definition) is 2. The molecule has 10 heteroatoms. The van der Waals surface area contributed by atoms with Crippen LogP contribution in [0.2, 0.25) is 0 Å². The lowest BCUT2D eigenvalue weighted by Crippen LogP contribution is -2.36. The van der Waals surface area contributed by atoms with E-state index in [1.165, 1.54) is 24.3 Å². The van der Waals surface area contributed by atoms with Crippen LogP contribution in [0.1, 0.15) is 48.7 Å². The molecule has 3 N–H and O–H groups in total. The Morgan fingerprint density at radius 3 is 2.38 bits per heavy atom. The van der Waals surface area contributed by atoms with Crippen molar-refractivity contribution < 1.29 is 27.4 Å². The summed E-state index contributed by atoms with van der Waals surface area (Å²) in [6.07, 6.45) is -0.512. The van der Waals surface area contributed by atoms with Gasteiger partial charge in [0.2, 0.25) is 0 Å². The lowest BCUT2D eigenvalue weighted by atomic mass is 10.1. The summed E-state index contributed by atoms with van der Waals surface area (Å²) >= 11 is 1.04. The average Bonchev–Trinajstić information content (AvgIpc) is 3.30. The van der Waals surface area contributed by atoms with Gasteiger partial charge < -0.3 is 15.6 Å². The van der Waals surface area contributed by atoms with Crippen molar-refractivity contribution in [2.75, 3.05) is 13.2 Å². The number of nitrogens with zero attached hydrogens (tertiary/aromatic N) is 2. The van der Waals surface area contributed by atoms with Crippen molar-refractivity contribution in [3.8, 4) is 16.3 Å². The van der Waals surface area contributed by atoms with Crippen LogP contribution in [-0.2, 0) is 18.1 Å². The van der Waals surface area contributed by atoms with E-state index in [0.29, 0.717) is 11.4 Å². The van der Waals surface area contributed by atoms with Crippen molar-refractivity contribution in [1.82, 2.24) is 10.2 Å². The zero-order valence-electron chi connectivity index (χ0n) is 18.7. The molecule has 0 aliphatic rings. The first kappa shape index (κ1) is 26.1. The molecule has 0 aliphatic heterocycles. The van der Waals surface area contributed by atoms with Gasteiger partial charge in [-0.05, 0) is 62.1 Å². The minimum atomic E-state index is -4.60. The van der Waals surface area contributed by atoms with Gasteiger partial charge in [0.15, 0.2) is 0 Å². The van der Waals surface area contributed by atoms with Gasteiger partial charge in [0.1, 0.15) is 21.6 Å². The molecule has 34 heavy (non-hydrogen) atoms. The minimum absolute atomic E-state index is 0.171. The van der Waals surface area contributed by atoms with E-state index in [1.807, 2.05) is 0 Å². The Hall–Kier alpha value is -2.56. The third-order valence-corrected chi connectivity index (χ3v) is 6.56.